The van der Waals surface area contributed by atoms with Gasteiger partial charge in [0.05, 0.1) is 6.10 Å². The fourth-order valence-corrected chi connectivity index (χ4v) is 2.59. The van der Waals surface area contributed by atoms with Crippen molar-refractivity contribution in [2.75, 3.05) is 13.2 Å². The normalized spacial score (nSPS) is 24.2. The van der Waals surface area contributed by atoms with E-state index in [1.165, 1.54) is 0 Å². The molecule has 2 atom stereocenters. The Morgan fingerprint density at radius 1 is 1.56 bits per heavy atom. The highest BCUT2D eigenvalue weighted by molar-refractivity contribution is 5.92. The third kappa shape index (κ3) is 2.93. The van der Waals surface area contributed by atoms with E-state index in [4.69, 9.17) is 4.74 Å². The Morgan fingerprint density at radius 3 is 2.94 bits per heavy atom. The summed E-state index contributed by atoms with van der Waals surface area (Å²) in [5.41, 5.74) is 0.736. The van der Waals surface area contributed by atoms with Crippen LogP contribution in [-0.4, -0.2) is 30.1 Å². The first-order valence-electron chi connectivity index (χ1n) is 6.51. The average Bonchev–Trinajstić information content (AvgIpc) is 2.95. The number of aromatic nitrogens is 1. The predicted octanol–water partition coefficient (Wildman–Crippen LogP) is 2.20. The van der Waals surface area contributed by atoms with Crippen LogP contribution >= 0.6 is 0 Å². The van der Waals surface area contributed by atoms with Gasteiger partial charge in [-0.05, 0) is 24.0 Å². The molecular formula is C14H22N2O2. The minimum absolute atomic E-state index is 0.0421. The quantitative estimate of drug-likeness (QED) is 0.864. The van der Waals surface area contributed by atoms with Crippen molar-refractivity contribution in [1.82, 2.24) is 10.3 Å². The number of amides is 1. The molecule has 0 radical (unpaired) electrons. The lowest BCUT2D eigenvalue weighted by Crippen LogP contribution is -2.38. The summed E-state index contributed by atoms with van der Waals surface area (Å²) in [7, 11) is 0. The molecule has 1 fully saturated rings. The molecule has 2 heterocycles. The van der Waals surface area contributed by atoms with Crippen LogP contribution < -0.4 is 5.32 Å². The van der Waals surface area contributed by atoms with Crippen molar-refractivity contribution in [2.45, 2.75) is 33.3 Å². The summed E-state index contributed by atoms with van der Waals surface area (Å²) in [5.74, 6) is 0.364. The van der Waals surface area contributed by atoms with Crippen LogP contribution in [0.2, 0.25) is 0 Å². The number of carbonyl (C=O) groups excluding carboxylic acids is 1. The number of hydrogen-bond acceptors (Lipinski definition) is 2. The highest BCUT2D eigenvalue weighted by atomic mass is 16.5. The van der Waals surface area contributed by atoms with Gasteiger partial charge in [-0.1, -0.05) is 20.8 Å². The molecule has 2 N–H and O–H groups in total. The Bertz CT molecular complexity index is 392. The van der Waals surface area contributed by atoms with Crippen LogP contribution in [0.15, 0.2) is 18.3 Å². The second kappa shape index (κ2) is 5.14. The summed E-state index contributed by atoms with van der Waals surface area (Å²) in [6.07, 6.45) is 3.00. The molecule has 4 heteroatoms. The SMILES string of the molecule is CC(C)(C)[C@H]1OCC[C@@H]1CNC(=O)c1ccc[nH]1. The van der Waals surface area contributed by atoms with Gasteiger partial charge in [0.1, 0.15) is 5.69 Å². The lowest BCUT2D eigenvalue weighted by Gasteiger charge is -2.31. The Balaban J connectivity index is 1.88. The number of rotatable bonds is 3. The molecule has 4 nitrogen and oxygen atoms in total. The molecule has 0 aromatic carbocycles. The number of H-pyrrole nitrogens is 1. The molecule has 1 amide bonds. The van der Waals surface area contributed by atoms with Crippen LogP contribution in [-0.2, 0) is 4.74 Å². The first-order valence-corrected chi connectivity index (χ1v) is 6.51. The number of carbonyl (C=O) groups is 1. The van der Waals surface area contributed by atoms with E-state index in [0.29, 0.717) is 18.2 Å². The molecule has 1 aromatic heterocycles. The fraction of sp³-hybridized carbons (Fsp3) is 0.643. The van der Waals surface area contributed by atoms with E-state index >= 15 is 0 Å². The fourth-order valence-electron chi connectivity index (χ4n) is 2.59. The monoisotopic (exact) mass is 250 g/mol. The summed E-state index contributed by atoms with van der Waals surface area (Å²) >= 11 is 0. The van der Waals surface area contributed by atoms with Gasteiger partial charge >= 0.3 is 0 Å². The molecule has 100 valence electrons. The second-order valence-corrected chi connectivity index (χ2v) is 6.00. The Labute approximate surface area is 108 Å². The molecule has 1 aromatic rings. The number of nitrogens with one attached hydrogen (secondary N) is 2. The van der Waals surface area contributed by atoms with Gasteiger partial charge in [-0.3, -0.25) is 4.79 Å². The minimum Gasteiger partial charge on any atom is -0.377 e. The van der Waals surface area contributed by atoms with Gasteiger partial charge in [0.25, 0.3) is 5.91 Å². The number of ether oxygens (including phenoxy) is 1. The van der Waals surface area contributed by atoms with E-state index in [2.05, 4.69) is 31.1 Å². The van der Waals surface area contributed by atoms with Crippen molar-refractivity contribution in [3.05, 3.63) is 24.0 Å². The van der Waals surface area contributed by atoms with Crippen molar-refractivity contribution < 1.29 is 9.53 Å². The molecule has 1 saturated heterocycles. The first-order chi connectivity index (χ1) is 8.48. The van der Waals surface area contributed by atoms with E-state index in [0.717, 1.165) is 13.0 Å². The number of hydrogen-bond donors (Lipinski definition) is 2. The van der Waals surface area contributed by atoms with E-state index in [-0.39, 0.29) is 17.4 Å². The lowest BCUT2D eigenvalue weighted by molar-refractivity contribution is 0.00736. The van der Waals surface area contributed by atoms with E-state index in [1.54, 1.807) is 12.3 Å². The highest BCUT2D eigenvalue weighted by Gasteiger charge is 2.37. The Hall–Kier alpha value is -1.29. The van der Waals surface area contributed by atoms with Crippen molar-refractivity contribution in [2.24, 2.45) is 11.3 Å². The Kier molecular flexibility index (Phi) is 3.76. The van der Waals surface area contributed by atoms with E-state index < -0.39 is 0 Å². The van der Waals surface area contributed by atoms with Gasteiger partial charge in [-0.15, -0.1) is 0 Å². The number of aromatic amines is 1. The van der Waals surface area contributed by atoms with Crippen molar-refractivity contribution in [1.29, 1.82) is 0 Å². The van der Waals surface area contributed by atoms with Crippen molar-refractivity contribution >= 4 is 5.91 Å². The van der Waals surface area contributed by atoms with E-state index in [1.807, 2.05) is 6.07 Å². The standard InChI is InChI=1S/C14H22N2O2/c1-14(2,3)12-10(6-8-18-12)9-16-13(17)11-5-4-7-15-11/h4-5,7,10,12,15H,6,8-9H2,1-3H3,(H,16,17)/t10-,12+/m1/s1. The molecule has 18 heavy (non-hydrogen) atoms. The summed E-state index contributed by atoms with van der Waals surface area (Å²) < 4.78 is 5.79. The highest BCUT2D eigenvalue weighted by Crippen LogP contribution is 2.34. The maximum atomic E-state index is 11.8. The topological polar surface area (TPSA) is 54.1 Å². The molecular weight excluding hydrogens is 228 g/mol. The van der Waals surface area contributed by atoms with Crippen LogP contribution in [0.1, 0.15) is 37.7 Å². The average molecular weight is 250 g/mol. The van der Waals surface area contributed by atoms with Crippen LogP contribution in [0.3, 0.4) is 0 Å². The van der Waals surface area contributed by atoms with Crippen LogP contribution in [0, 0.1) is 11.3 Å². The van der Waals surface area contributed by atoms with Crippen LogP contribution in [0.4, 0.5) is 0 Å². The smallest absolute Gasteiger partial charge is 0.267 e. The molecule has 0 saturated carbocycles. The molecule has 0 spiro atoms. The Morgan fingerprint density at radius 2 is 2.33 bits per heavy atom. The van der Waals surface area contributed by atoms with Gasteiger partial charge in [-0.2, -0.15) is 0 Å². The molecule has 0 aliphatic carbocycles. The molecule has 0 bridgehead atoms. The lowest BCUT2D eigenvalue weighted by atomic mass is 9.81. The van der Waals surface area contributed by atoms with E-state index in [9.17, 15) is 4.79 Å². The summed E-state index contributed by atoms with van der Waals surface area (Å²) in [6.45, 7) is 8.03. The largest absolute Gasteiger partial charge is 0.377 e. The van der Waals surface area contributed by atoms with Gasteiger partial charge in [0.15, 0.2) is 0 Å². The molecule has 2 rings (SSSR count). The van der Waals surface area contributed by atoms with Crippen molar-refractivity contribution in [3.63, 3.8) is 0 Å². The predicted molar refractivity (Wildman–Crippen MR) is 70.4 cm³/mol. The van der Waals surface area contributed by atoms with Gasteiger partial charge in [-0.25, -0.2) is 0 Å². The van der Waals surface area contributed by atoms with Crippen LogP contribution in [0.5, 0.6) is 0 Å². The van der Waals surface area contributed by atoms with Gasteiger partial charge in [0.2, 0.25) is 0 Å². The molecule has 1 aliphatic heterocycles. The summed E-state index contributed by atoms with van der Waals surface area (Å²) in [4.78, 5) is 14.7. The third-order valence-corrected chi connectivity index (χ3v) is 3.44. The molecule has 1 aliphatic rings. The maximum Gasteiger partial charge on any atom is 0.267 e. The van der Waals surface area contributed by atoms with Gasteiger partial charge < -0.3 is 15.0 Å². The first kappa shape index (κ1) is 13.1. The van der Waals surface area contributed by atoms with Crippen molar-refractivity contribution in [3.8, 4) is 0 Å². The van der Waals surface area contributed by atoms with Gasteiger partial charge in [0, 0.05) is 25.3 Å². The third-order valence-electron chi connectivity index (χ3n) is 3.44. The molecule has 0 unspecified atom stereocenters. The second-order valence-electron chi connectivity index (χ2n) is 6.00. The zero-order valence-corrected chi connectivity index (χ0v) is 11.3. The summed E-state index contributed by atoms with van der Waals surface area (Å²) in [6, 6.07) is 3.60. The zero-order valence-electron chi connectivity index (χ0n) is 11.3. The minimum atomic E-state index is -0.0421. The van der Waals surface area contributed by atoms with Crippen LogP contribution in [0.25, 0.3) is 0 Å². The summed E-state index contributed by atoms with van der Waals surface area (Å²) in [5, 5.41) is 2.98. The maximum absolute atomic E-state index is 11.8. The zero-order chi connectivity index (χ0) is 13.2.